The molecule has 130 valence electrons. The van der Waals surface area contributed by atoms with Gasteiger partial charge in [-0.1, -0.05) is 48.0 Å². The van der Waals surface area contributed by atoms with Crippen LogP contribution in [0, 0.1) is 6.92 Å². The van der Waals surface area contributed by atoms with E-state index >= 15 is 0 Å². The molecule has 3 nitrogen and oxygen atoms in total. The first-order valence-corrected chi connectivity index (χ1v) is 8.87. The maximum atomic E-state index is 5.30. The molecule has 3 aromatic rings. The van der Waals surface area contributed by atoms with Gasteiger partial charge in [-0.15, -0.1) is 0 Å². The Morgan fingerprint density at radius 3 is 2.23 bits per heavy atom. The minimum absolute atomic E-state index is 0.312. The summed E-state index contributed by atoms with van der Waals surface area (Å²) in [6, 6.07) is 27.4. The number of aryl methyl sites for hydroxylation is 1. The Morgan fingerprint density at radius 1 is 0.885 bits per heavy atom. The van der Waals surface area contributed by atoms with Crippen molar-refractivity contribution in [3.63, 3.8) is 0 Å². The number of benzene rings is 3. The summed E-state index contributed by atoms with van der Waals surface area (Å²) in [6.45, 7) is 2.12. The summed E-state index contributed by atoms with van der Waals surface area (Å²) in [5.41, 5.74) is 4.72. The zero-order valence-electron chi connectivity index (χ0n) is 15.1. The predicted molar refractivity (Wildman–Crippen MR) is 108 cm³/mol. The first-order chi connectivity index (χ1) is 12.7. The third kappa shape index (κ3) is 3.21. The van der Waals surface area contributed by atoms with Crippen molar-refractivity contribution < 1.29 is 4.74 Å². The molecule has 1 saturated heterocycles. The van der Waals surface area contributed by atoms with Crippen LogP contribution >= 0.6 is 0 Å². The maximum absolute atomic E-state index is 5.30. The number of aliphatic imine (C=N–C) groups is 1. The zero-order chi connectivity index (χ0) is 17.9. The normalized spacial score (nSPS) is 17.8. The van der Waals surface area contributed by atoms with Crippen molar-refractivity contribution in [2.45, 2.75) is 19.4 Å². The van der Waals surface area contributed by atoms with Crippen molar-refractivity contribution >= 4 is 17.2 Å². The number of rotatable bonds is 4. The molecule has 0 saturated carbocycles. The van der Waals surface area contributed by atoms with Gasteiger partial charge in [0.15, 0.2) is 0 Å². The second kappa shape index (κ2) is 7.04. The van der Waals surface area contributed by atoms with Crippen LogP contribution in [0.5, 0.6) is 5.75 Å². The Hall–Kier alpha value is -3.07. The molecule has 26 heavy (non-hydrogen) atoms. The number of ether oxygens (including phenoxy) is 1. The molecule has 0 aliphatic carbocycles. The van der Waals surface area contributed by atoms with Gasteiger partial charge in [-0.25, -0.2) is 4.99 Å². The third-order valence-electron chi connectivity index (χ3n) is 4.79. The lowest BCUT2D eigenvalue weighted by Gasteiger charge is -2.44. The number of hydrogen-bond donors (Lipinski definition) is 0. The van der Waals surface area contributed by atoms with Crippen LogP contribution in [0.4, 0.5) is 11.4 Å². The average Bonchev–Trinajstić information content (AvgIpc) is 2.67. The van der Waals surface area contributed by atoms with Gasteiger partial charge in [-0.05, 0) is 48.9 Å². The predicted octanol–water partition coefficient (Wildman–Crippen LogP) is 5.69. The highest BCUT2D eigenvalue weighted by molar-refractivity contribution is 6.06. The van der Waals surface area contributed by atoms with Gasteiger partial charge in [-0.3, -0.25) is 0 Å². The van der Waals surface area contributed by atoms with E-state index in [0.29, 0.717) is 6.04 Å². The molecule has 1 heterocycles. The molecule has 0 N–H and O–H groups in total. The average molecular weight is 342 g/mol. The number of nitrogens with zero attached hydrogens (tertiary/aromatic N) is 2. The van der Waals surface area contributed by atoms with Crippen molar-refractivity contribution in [3.05, 3.63) is 90.0 Å². The Bertz CT molecular complexity index is 899. The number of hydrogen-bond acceptors (Lipinski definition) is 2. The second-order valence-corrected chi connectivity index (χ2v) is 6.56. The maximum Gasteiger partial charge on any atom is 0.119 e. The van der Waals surface area contributed by atoms with Gasteiger partial charge in [0.1, 0.15) is 11.6 Å². The summed E-state index contributed by atoms with van der Waals surface area (Å²) < 4.78 is 5.30. The van der Waals surface area contributed by atoms with Gasteiger partial charge in [0.25, 0.3) is 0 Å². The minimum atomic E-state index is 0.312. The Kier molecular flexibility index (Phi) is 4.44. The van der Waals surface area contributed by atoms with Crippen molar-refractivity contribution in [2.24, 2.45) is 4.99 Å². The number of amidine groups is 1. The SMILES string of the molecule is COc1ccc(N2C(=Nc3ccccc3)CC2c2ccc(C)cc2)cc1. The van der Waals surface area contributed by atoms with Crippen LogP contribution in [0.15, 0.2) is 83.9 Å². The first-order valence-electron chi connectivity index (χ1n) is 8.87. The van der Waals surface area contributed by atoms with Crippen LogP contribution in [0.3, 0.4) is 0 Å². The van der Waals surface area contributed by atoms with E-state index in [9.17, 15) is 0 Å². The van der Waals surface area contributed by atoms with Crippen molar-refractivity contribution in [3.8, 4) is 5.75 Å². The zero-order valence-corrected chi connectivity index (χ0v) is 15.1. The fraction of sp³-hybridized carbons (Fsp3) is 0.174. The number of para-hydroxylation sites is 1. The van der Waals surface area contributed by atoms with Gasteiger partial charge in [0.05, 0.1) is 18.8 Å². The van der Waals surface area contributed by atoms with Crippen molar-refractivity contribution in [1.29, 1.82) is 0 Å². The Morgan fingerprint density at radius 2 is 1.58 bits per heavy atom. The molecule has 3 aromatic carbocycles. The molecule has 3 heteroatoms. The van der Waals surface area contributed by atoms with Crippen LogP contribution in [-0.2, 0) is 0 Å². The minimum Gasteiger partial charge on any atom is -0.497 e. The highest BCUT2D eigenvalue weighted by Crippen LogP contribution is 2.41. The summed E-state index contributed by atoms with van der Waals surface area (Å²) in [6.07, 6.45) is 0.935. The van der Waals surface area contributed by atoms with Gasteiger partial charge < -0.3 is 9.64 Å². The monoisotopic (exact) mass is 342 g/mol. The standard InChI is InChI=1S/C23H22N2O/c1-17-8-10-18(11-9-17)22-16-23(24-19-6-4-3-5-7-19)25(22)20-12-14-21(26-2)15-13-20/h3-15,22H,16H2,1-2H3. The summed E-state index contributed by atoms with van der Waals surface area (Å²) in [7, 11) is 1.69. The fourth-order valence-electron chi connectivity index (χ4n) is 3.31. The van der Waals surface area contributed by atoms with Crippen molar-refractivity contribution in [2.75, 3.05) is 12.0 Å². The molecule has 0 radical (unpaired) electrons. The molecule has 4 rings (SSSR count). The van der Waals surface area contributed by atoms with E-state index in [4.69, 9.17) is 9.73 Å². The van der Waals surface area contributed by atoms with E-state index < -0.39 is 0 Å². The molecule has 1 atom stereocenters. The van der Waals surface area contributed by atoms with Gasteiger partial charge in [0.2, 0.25) is 0 Å². The lowest BCUT2D eigenvalue weighted by molar-refractivity contribution is 0.415. The third-order valence-corrected chi connectivity index (χ3v) is 4.79. The molecule has 1 unspecified atom stereocenters. The molecule has 1 aliphatic heterocycles. The molecule has 0 amide bonds. The lowest BCUT2D eigenvalue weighted by atomic mass is 9.91. The van der Waals surface area contributed by atoms with Crippen LogP contribution < -0.4 is 9.64 Å². The summed E-state index contributed by atoms with van der Waals surface area (Å²) in [5, 5.41) is 0. The van der Waals surface area contributed by atoms with Crippen LogP contribution in [0.1, 0.15) is 23.6 Å². The molecule has 1 fully saturated rings. The van der Waals surface area contributed by atoms with E-state index in [1.165, 1.54) is 11.1 Å². The fourth-order valence-corrected chi connectivity index (χ4v) is 3.31. The van der Waals surface area contributed by atoms with E-state index in [2.05, 4.69) is 48.2 Å². The Labute approximate surface area is 154 Å². The highest BCUT2D eigenvalue weighted by Gasteiger charge is 2.36. The molecule has 0 spiro atoms. The molecular formula is C23H22N2O. The topological polar surface area (TPSA) is 24.8 Å². The van der Waals surface area contributed by atoms with E-state index in [-0.39, 0.29) is 0 Å². The summed E-state index contributed by atoms with van der Waals surface area (Å²) >= 11 is 0. The van der Waals surface area contributed by atoms with E-state index in [1.807, 2.05) is 42.5 Å². The van der Waals surface area contributed by atoms with Gasteiger partial charge in [0, 0.05) is 12.1 Å². The van der Waals surface area contributed by atoms with Crippen LogP contribution in [0.25, 0.3) is 0 Å². The number of anilines is 1. The first kappa shape index (κ1) is 16.4. The summed E-state index contributed by atoms with van der Waals surface area (Å²) in [5.74, 6) is 1.95. The van der Waals surface area contributed by atoms with E-state index in [1.54, 1.807) is 7.11 Å². The van der Waals surface area contributed by atoms with Gasteiger partial charge in [-0.2, -0.15) is 0 Å². The van der Waals surface area contributed by atoms with Crippen molar-refractivity contribution in [1.82, 2.24) is 0 Å². The highest BCUT2D eigenvalue weighted by atomic mass is 16.5. The van der Waals surface area contributed by atoms with E-state index in [0.717, 1.165) is 29.4 Å². The van der Waals surface area contributed by atoms with Crippen LogP contribution in [0.2, 0.25) is 0 Å². The summed E-state index contributed by atoms with van der Waals surface area (Å²) in [4.78, 5) is 7.19. The quantitative estimate of drug-likeness (QED) is 0.609. The number of methoxy groups -OCH3 is 1. The van der Waals surface area contributed by atoms with Crippen LogP contribution in [-0.4, -0.2) is 12.9 Å². The Balaban J connectivity index is 1.69. The smallest absolute Gasteiger partial charge is 0.119 e. The van der Waals surface area contributed by atoms with Gasteiger partial charge >= 0.3 is 0 Å². The molecule has 1 aliphatic rings. The molecule has 0 aromatic heterocycles. The second-order valence-electron chi connectivity index (χ2n) is 6.56. The molecular weight excluding hydrogens is 320 g/mol. The molecule has 0 bridgehead atoms. The lowest BCUT2D eigenvalue weighted by Crippen LogP contribution is -2.46. The largest absolute Gasteiger partial charge is 0.497 e.